The molecule has 0 bridgehead atoms. The molecule has 0 heterocycles. The van der Waals surface area contributed by atoms with Gasteiger partial charge in [-0.05, 0) is 55.8 Å². The van der Waals surface area contributed by atoms with Crippen molar-refractivity contribution in [1.82, 2.24) is 0 Å². The van der Waals surface area contributed by atoms with Gasteiger partial charge >= 0.3 is 5.97 Å². The average Bonchev–Trinajstić information content (AvgIpc) is 2.66. The van der Waals surface area contributed by atoms with E-state index in [0.29, 0.717) is 16.4 Å². The normalized spacial score (nSPS) is 12.1. The van der Waals surface area contributed by atoms with Crippen LogP contribution in [0.15, 0.2) is 48.5 Å². The van der Waals surface area contributed by atoms with Gasteiger partial charge in [0.2, 0.25) is 15.9 Å². The van der Waals surface area contributed by atoms with E-state index in [4.69, 9.17) is 16.3 Å². The van der Waals surface area contributed by atoms with Gasteiger partial charge in [0.05, 0.1) is 24.1 Å². The first-order valence-electron chi connectivity index (χ1n) is 9.00. The molecule has 0 unspecified atom stereocenters. The summed E-state index contributed by atoms with van der Waals surface area (Å²) in [5.74, 6) is -1.02. The fourth-order valence-electron chi connectivity index (χ4n) is 2.81. The molecule has 9 heteroatoms. The van der Waals surface area contributed by atoms with Crippen LogP contribution in [0.5, 0.6) is 0 Å². The number of hydrogen-bond acceptors (Lipinski definition) is 5. The average molecular weight is 439 g/mol. The van der Waals surface area contributed by atoms with Crippen LogP contribution in [0.2, 0.25) is 5.02 Å². The van der Waals surface area contributed by atoms with E-state index < -0.39 is 27.9 Å². The fourth-order valence-corrected chi connectivity index (χ4v) is 4.15. The molecule has 1 N–H and O–H groups in total. The molecule has 0 aliphatic heterocycles. The van der Waals surface area contributed by atoms with E-state index in [1.165, 1.54) is 6.07 Å². The van der Waals surface area contributed by atoms with Gasteiger partial charge in [-0.25, -0.2) is 13.2 Å². The Morgan fingerprint density at radius 3 is 2.34 bits per heavy atom. The Hall–Kier alpha value is -2.58. The van der Waals surface area contributed by atoms with Crippen LogP contribution < -0.4 is 9.62 Å². The standard InChI is InChI=1S/C20H23ClN2O5S/c1-4-18(23(29(3,26)27)17-11-9-15(21)10-12-17)19(24)22-16-8-6-7-14(13-16)20(25)28-5-2/h6-13,18H,4-5H2,1-3H3,(H,22,24)/t18-/m0/s1. The van der Waals surface area contributed by atoms with Crippen molar-refractivity contribution in [2.75, 3.05) is 22.5 Å². The van der Waals surface area contributed by atoms with E-state index >= 15 is 0 Å². The summed E-state index contributed by atoms with van der Waals surface area (Å²) in [5.41, 5.74) is 0.984. The maximum atomic E-state index is 12.9. The number of halogens is 1. The van der Waals surface area contributed by atoms with Gasteiger partial charge in [0, 0.05) is 10.7 Å². The largest absolute Gasteiger partial charge is 0.462 e. The zero-order valence-corrected chi connectivity index (χ0v) is 18.0. The molecule has 156 valence electrons. The molecule has 1 atom stereocenters. The van der Waals surface area contributed by atoms with Gasteiger partial charge in [0.25, 0.3) is 0 Å². The summed E-state index contributed by atoms with van der Waals surface area (Å²) in [4.78, 5) is 24.8. The van der Waals surface area contributed by atoms with E-state index in [1.54, 1.807) is 56.3 Å². The summed E-state index contributed by atoms with van der Waals surface area (Å²) < 4.78 is 30.9. The first-order chi connectivity index (χ1) is 13.7. The lowest BCUT2D eigenvalue weighted by molar-refractivity contribution is -0.117. The Morgan fingerprint density at radius 1 is 1.14 bits per heavy atom. The van der Waals surface area contributed by atoms with Crippen LogP contribution in [0.4, 0.5) is 11.4 Å². The third kappa shape index (κ3) is 5.95. The van der Waals surface area contributed by atoms with Gasteiger partial charge in [-0.2, -0.15) is 0 Å². The highest BCUT2D eigenvalue weighted by Crippen LogP contribution is 2.25. The quantitative estimate of drug-likeness (QED) is 0.634. The number of carbonyl (C=O) groups is 2. The van der Waals surface area contributed by atoms with E-state index in [-0.39, 0.29) is 18.6 Å². The molecule has 2 rings (SSSR count). The molecule has 0 aliphatic rings. The Balaban J connectivity index is 2.32. The third-order valence-corrected chi connectivity index (χ3v) is 5.48. The molecule has 0 aliphatic carbocycles. The Kier molecular flexibility index (Phi) is 7.64. The number of rotatable bonds is 8. The van der Waals surface area contributed by atoms with Crippen LogP contribution in [0, 0.1) is 0 Å². The lowest BCUT2D eigenvalue weighted by Crippen LogP contribution is -2.47. The maximum absolute atomic E-state index is 12.9. The van der Waals surface area contributed by atoms with Crippen LogP contribution in [-0.4, -0.2) is 39.2 Å². The Labute approximate surface area is 175 Å². The first kappa shape index (κ1) is 22.7. The minimum absolute atomic E-state index is 0.234. The first-order valence-corrected chi connectivity index (χ1v) is 11.2. The molecule has 0 fully saturated rings. The molecule has 0 saturated carbocycles. The topological polar surface area (TPSA) is 92.8 Å². The molecule has 2 aromatic rings. The fraction of sp³-hybridized carbons (Fsp3) is 0.300. The lowest BCUT2D eigenvalue weighted by Gasteiger charge is -2.30. The summed E-state index contributed by atoms with van der Waals surface area (Å²) >= 11 is 5.89. The Bertz CT molecular complexity index is 977. The van der Waals surface area contributed by atoms with Crippen molar-refractivity contribution in [2.45, 2.75) is 26.3 Å². The summed E-state index contributed by atoms with van der Waals surface area (Å²) in [6.45, 7) is 3.65. The highest BCUT2D eigenvalue weighted by atomic mass is 35.5. The second-order valence-corrected chi connectivity index (χ2v) is 8.55. The van der Waals surface area contributed by atoms with Crippen molar-refractivity contribution in [2.24, 2.45) is 0 Å². The van der Waals surface area contributed by atoms with Crippen molar-refractivity contribution in [1.29, 1.82) is 0 Å². The predicted octanol–water partition coefficient (Wildman–Crippen LogP) is 3.70. The minimum atomic E-state index is -3.75. The van der Waals surface area contributed by atoms with Gasteiger partial charge in [-0.1, -0.05) is 24.6 Å². The molecular weight excluding hydrogens is 416 g/mol. The van der Waals surface area contributed by atoms with Crippen LogP contribution in [-0.2, 0) is 19.6 Å². The monoisotopic (exact) mass is 438 g/mol. The number of carbonyl (C=O) groups excluding carboxylic acids is 2. The third-order valence-electron chi connectivity index (χ3n) is 4.05. The number of nitrogens with zero attached hydrogens (tertiary/aromatic N) is 1. The second kappa shape index (κ2) is 9.76. The number of ether oxygens (including phenoxy) is 1. The zero-order chi connectivity index (χ0) is 21.6. The van der Waals surface area contributed by atoms with Gasteiger partial charge in [0.1, 0.15) is 6.04 Å². The van der Waals surface area contributed by atoms with E-state index in [1.807, 2.05) is 0 Å². The van der Waals surface area contributed by atoms with E-state index in [9.17, 15) is 18.0 Å². The minimum Gasteiger partial charge on any atom is -0.462 e. The number of benzene rings is 2. The summed E-state index contributed by atoms with van der Waals surface area (Å²) in [6, 6.07) is 11.5. The van der Waals surface area contributed by atoms with Crippen molar-refractivity contribution >= 4 is 44.9 Å². The van der Waals surface area contributed by atoms with Gasteiger partial charge in [-0.15, -0.1) is 0 Å². The van der Waals surface area contributed by atoms with Gasteiger partial charge in [0.15, 0.2) is 0 Å². The number of amides is 1. The van der Waals surface area contributed by atoms with Gasteiger partial charge in [-0.3, -0.25) is 9.10 Å². The van der Waals surface area contributed by atoms with Crippen LogP contribution in [0.3, 0.4) is 0 Å². The maximum Gasteiger partial charge on any atom is 0.338 e. The summed E-state index contributed by atoms with van der Waals surface area (Å²) in [5, 5.41) is 3.14. The molecule has 2 aromatic carbocycles. The summed E-state index contributed by atoms with van der Waals surface area (Å²) in [6.07, 6.45) is 1.28. The molecule has 7 nitrogen and oxygen atoms in total. The number of sulfonamides is 1. The SMILES string of the molecule is CCOC(=O)c1cccc(NC(=O)[C@H](CC)N(c2ccc(Cl)cc2)S(C)(=O)=O)c1. The van der Waals surface area contributed by atoms with E-state index in [0.717, 1.165) is 10.6 Å². The van der Waals surface area contributed by atoms with Crippen LogP contribution in [0.1, 0.15) is 30.6 Å². The smallest absolute Gasteiger partial charge is 0.338 e. The lowest BCUT2D eigenvalue weighted by atomic mass is 10.1. The second-order valence-electron chi connectivity index (χ2n) is 6.25. The predicted molar refractivity (Wildman–Crippen MR) is 114 cm³/mol. The molecular formula is C20H23ClN2O5S. The highest BCUT2D eigenvalue weighted by Gasteiger charge is 2.31. The number of anilines is 2. The molecule has 0 spiro atoms. The van der Waals surface area contributed by atoms with Crippen molar-refractivity contribution in [3.63, 3.8) is 0 Å². The number of nitrogens with one attached hydrogen (secondary N) is 1. The molecule has 1 amide bonds. The molecule has 29 heavy (non-hydrogen) atoms. The van der Waals surface area contributed by atoms with E-state index in [2.05, 4.69) is 5.32 Å². The molecule has 0 saturated heterocycles. The molecule has 0 aromatic heterocycles. The van der Waals surface area contributed by atoms with Crippen LogP contribution >= 0.6 is 11.6 Å². The molecule has 0 radical (unpaired) electrons. The van der Waals surface area contributed by atoms with Crippen molar-refractivity contribution < 1.29 is 22.7 Å². The van der Waals surface area contributed by atoms with Crippen LogP contribution in [0.25, 0.3) is 0 Å². The highest BCUT2D eigenvalue weighted by molar-refractivity contribution is 7.92. The zero-order valence-electron chi connectivity index (χ0n) is 16.4. The van der Waals surface area contributed by atoms with Crippen molar-refractivity contribution in [3.8, 4) is 0 Å². The number of esters is 1. The van der Waals surface area contributed by atoms with Crippen molar-refractivity contribution in [3.05, 3.63) is 59.1 Å². The number of hydrogen-bond donors (Lipinski definition) is 1. The Morgan fingerprint density at radius 2 is 1.79 bits per heavy atom. The summed E-state index contributed by atoms with van der Waals surface area (Å²) in [7, 11) is -3.75. The van der Waals surface area contributed by atoms with Gasteiger partial charge < -0.3 is 10.1 Å².